The van der Waals surface area contributed by atoms with Crippen molar-refractivity contribution in [2.24, 2.45) is 5.41 Å². The second kappa shape index (κ2) is 6.95. The van der Waals surface area contributed by atoms with Crippen LogP contribution < -0.4 is 10.6 Å². The summed E-state index contributed by atoms with van der Waals surface area (Å²) in [5.74, 6) is 1.49. The summed E-state index contributed by atoms with van der Waals surface area (Å²) in [6, 6.07) is 0. The molecule has 0 aromatic heterocycles. The first-order valence-corrected chi connectivity index (χ1v) is 7.25. The third kappa shape index (κ3) is 4.47. The normalized spacial score (nSPS) is 12.6. The summed E-state index contributed by atoms with van der Waals surface area (Å²) < 4.78 is 0. The van der Waals surface area contributed by atoms with Gasteiger partial charge < -0.3 is 15.7 Å². The van der Waals surface area contributed by atoms with Gasteiger partial charge in [0.25, 0.3) is 0 Å². The molecule has 0 spiro atoms. The van der Waals surface area contributed by atoms with E-state index in [4.69, 9.17) is 6.42 Å². The second-order valence-electron chi connectivity index (χ2n) is 6.39. The average Bonchev–Trinajstić information content (AvgIpc) is 2.42. The van der Waals surface area contributed by atoms with Crippen molar-refractivity contribution >= 4 is 11.9 Å². The molecule has 0 aromatic rings. The first-order chi connectivity index (χ1) is 9.48. The monoisotopic (exact) mass is 296 g/mol. The molecule has 0 bridgehead atoms. The van der Waals surface area contributed by atoms with E-state index in [9.17, 15) is 14.7 Å². The molecule has 3 N–H and O–H groups in total. The zero-order valence-electron chi connectivity index (χ0n) is 14.0. The molecular weight excluding hydrogens is 268 g/mol. The van der Waals surface area contributed by atoms with Gasteiger partial charge in [0.15, 0.2) is 0 Å². The maximum absolute atomic E-state index is 12.1. The molecule has 0 heterocycles. The summed E-state index contributed by atoms with van der Waals surface area (Å²) in [7, 11) is 0. The van der Waals surface area contributed by atoms with Crippen molar-refractivity contribution in [2.45, 2.75) is 65.5 Å². The Hall–Kier alpha value is -1.54. The van der Waals surface area contributed by atoms with E-state index >= 15 is 0 Å². The number of carboxylic acid groups (broad SMARTS) is 1. The molecule has 0 radical (unpaired) electrons. The molecule has 1 amide bonds. The lowest BCUT2D eigenvalue weighted by atomic mass is 9.74. The Kier molecular flexibility index (Phi) is 6.44. The molecule has 5 nitrogen and oxygen atoms in total. The molecule has 0 aliphatic rings. The van der Waals surface area contributed by atoms with E-state index in [2.05, 4.69) is 16.6 Å². The lowest BCUT2D eigenvalue weighted by Gasteiger charge is -2.39. The minimum Gasteiger partial charge on any atom is -0.481 e. The van der Waals surface area contributed by atoms with Gasteiger partial charge in [-0.05, 0) is 40.5 Å². The van der Waals surface area contributed by atoms with Gasteiger partial charge in [-0.1, -0.05) is 19.8 Å². The van der Waals surface area contributed by atoms with Crippen LogP contribution in [0.15, 0.2) is 0 Å². The van der Waals surface area contributed by atoms with E-state index in [1.807, 2.05) is 13.8 Å². The zero-order chi connectivity index (χ0) is 16.9. The maximum Gasteiger partial charge on any atom is 0.310 e. The van der Waals surface area contributed by atoms with Gasteiger partial charge in [0.05, 0.1) is 12.0 Å². The van der Waals surface area contributed by atoms with Crippen LogP contribution in [0.3, 0.4) is 0 Å². The SMILES string of the molecule is C#CC(CC)(CC)NC(=O)CNC(C)(C)C(C)(C)C(=O)O. The molecular formula is C16H28N2O3. The van der Waals surface area contributed by atoms with Crippen LogP contribution in [-0.4, -0.2) is 34.6 Å². The number of carbonyl (C=O) groups is 2. The number of amides is 1. The van der Waals surface area contributed by atoms with Crippen LogP contribution in [0.5, 0.6) is 0 Å². The molecule has 0 saturated heterocycles. The minimum atomic E-state index is -1.01. The Bertz CT molecular complexity index is 429. The number of nitrogens with one attached hydrogen (secondary N) is 2. The summed E-state index contributed by atoms with van der Waals surface area (Å²) in [4.78, 5) is 23.4. The number of aliphatic carboxylic acids is 1. The Morgan fingerprint density at radius 1 is 1.14 bits per heavy atom. The Morgan fingerprint density at radius 3 is 1.95 bits per heavy atom. The van der Waals surface area contributed by atoms with Crippen molar-refractivity contribution in [3.05, 3.63) is 0 Å². The highest BCUT2D eigenvalue weighted by atomic mass is 16.4. The maximum atomic E-state index is 12.1. The molecule has 5 heteroatoms. The van der Waals surface area contributed by atoms with Crippen LogP contribution in [-0.2, 0) is 9.59 Å². The molecule has 0 saturated carbocycles. The zero-order valence-corrected chi connectivity index (χ0v) is 14.0. The quantitative estimate of drug-likeness (QED) is 0.597. The Labute approximate surface area is 127 Å². The van der Waals surface area contributed by atoms with Crippen LogP contribution in [0.2, 0.25) is 0 Å². The third-order valence-corrected chi connectivity index (χ3v) is 4.65. The van der Waals surface area contributed by atoms with Crippen molar-refractivity contribution in [3.8, 4) is 12.3 Å². The molecule has 21 heavy (non-hydrogen) atoms. The van der Waals surface area contributed by atoms with Crippen molar-refractivity contribution in [2.75, 3.05) is 6.54 Å². The standard InChI is InChI=1S/C16H28N2O3/c1-8-16(9-2,10-3)18-12(19)11-17-15(6,7)14(4,5)13(20)21/h1,17H,9-11H2,2-7H3,(H,18,19)(H,20,21). The van der Waals surface area contributed by atoms with E-state index in [0.717, 1.165) is 0 Å². The van der Waals surface area contributed by atoms with E-state index in [-0.39, 0.29) is 12.5 Å². The number of hydrogen-bond donors (Lipinski definition) is 3. The first-order valence-electron chi connectivity index (χ1n) is 7.25. The van der Waals surface area contributed by atoms with Gasteiger partial charge in [0.1, 0.15) is 5.54 Å². The third-order valence-electron chi connectivity index (χ3n) is 4.65. The summed E-state index contributed by atoms with van der Waals surface area (Å²) in [5.41, 5.74) is -2.38. The second-order valence-corrected chi connectivity index (χ2v) is 6.39. The van der Waals surface area contributed by atoms with Crippen LogP contribution in [0.25, 0.3) is 0 Å². The Balaban J connectivity index is 4.78. The van der Waals surface area contributed by atoms with Crippen LogP contribution in [0, 0.1) is 17.8 Å². The van der Waals surface area contributed by atoms with Crippen LogP contribution in [0.1, 0.15) is 54.4 Å². The van der Waals surface area contributed by atoms with Crippen LogP contribution >= 0.6 is 0 Å². The lowest BCUT2D eigenvalue weighted by molar-refractivity contribution is -0.151. The summed E-state index contributed by atoms with van der Waals surface area (Å²) in [5, 5.41) is 15.1. The van der Waals surface area contributed by atoms with E-state index in [1.165, 1.54) is 0 Å². The summed E-state index contributed by atoms with van der Waals surface area (Å²) in [6.45, 7) is 10.7. The van der Waals surface area contributed by atoms with Gasteiger partial charge in [-0.15, -0.1) is 6.42 Å². The highest BCUT2D eigenvalue weighted by molar-refractivity contribution is 5.80. The van der Waals surface area contributed by atoms with Crippen LogP contribution in [0.4, 0.5) is 0 Å². The minimum absolute atomic E-state index is 0.0210. The fourth-order valence-corrected chi connectivity index (χ4v) is 1.77. The first kappa shape index (κ1) is 19.5. The highest BCUT2D eigenvalue weighted by Gasteiger charge is 2.43. The summed E-state index contributed by atoms with van der Waals surface area (Å²) >= 11 is 0. The fraction of sp³-hybridized carbons (Fsp3) is 0.750. The predicted molar refractivity (Wildman–Crippen MR) is 83.8 cm³/mol. The largest absolute Gasteiger partial charge is 0.481 e. The number of carboxylic acids is 1. The van der Waals surface area contributed by atoms with Gasteiger partial charge in [0, 0.05) is 5.54 Å². The Morgan fingerprint density at radius 2 is 1.62 bits per heavy atom. The smallest absolute Gasteiger partial charge is 0.310 e. The average molecular weight is 296 g/mol. The van der Waals surface area contributed by atoms with E-state index < -0.39 is 22.5 Å². The number of carbonyl (C=O) groups excluding carboxylic acids is 1. The molecule has 0 atom stereocenters. The van der Waals surface area contributed by atoms with Gasteiger partial charge in [-0.2, -0.15) is 0 Å². The molecule has 120 valence electrons. The fourth-order valence-electron chi connectivity index (χ4n) is 1.77. The van der Waals surface area contributed by atoms with Crippen molar-refractivity contribution < 1.29 is 14.7 Å². The summed E-state index contributed by atoms with van der Waals surface area (Å²) in [6.07, 6.45) is 6.80. The van der Waals surface area contributed by atoms with E-state index in [1.54, 1.807) is 27.7 Å². The van der Waals surface area contributed by atoms with Gasteiger partial charge in [-0.3, -0.25) is 9.59 Å². The molecule has 0 unspecified atom stereocenters. The molecule has 0 aromatic carbocycles. The highest BCUT2D eigenvalue weighted by Crippen LogP contribution is 2.30. The lowest BCUT2D eigenvalue weighted by Crippen LogP contribution is -2.58. The van der Waals surface area contributed by atoms with Crippen molar-refractivity contribution in [3.63, 3.8) is 0 Å². The number of terminal acetylenes is 1. The van der Waals surface area contributed by atoms with E-state index in [0.29, 0.717) is 12.8 Å². The molecule has 0 fully saturated rings. The molecule has 0 rings (SSSR count). The number of hydrogen-bond acceptors (Lipinski definition) is 3. The predicted octanol–water partition coefficient (Wildman–Crippen LogP) is 1.77. The van der Waals surface area contributed by atoms with Crippen molar-refractivity contribution in [1.82, 2.24) is 10.6 Å². The molecule has 0 aliphatic heterocycles. The topological polar surface area (TPSA) is 78.4 Å². The van der Waals surface area contributed by atoms with Gasteiger partial charge in [-0.25, -0.2) is 0 Å². The van der Waals surface area contributed by atoms with Crippen molar-refractivity contribution in [1.29, 1.82) is 0 Å². The van der Waals surface area contributed by atoms with Gasteiger partial charge in [0.2, 0.25) is 5.91 Å². The molecule has 0 aliphatic carbocycles. The van der Waals surface area contributed by atoms with Gasteiger partial charge >= 0.3 is 5.97 Å². The number of rotatable bonds is 8.